The molecule has 146 valence electrons. The average Bonchev–Trinajstić information content (AvgIpc) is 3.15. The molecular weight excluding hydrogens is 370 g/mol. The van der Waals surface area contributed by atoms with Crippen LogP contribution in [-0.2, 0) is 16.6 Å². The maximum Gasteiger partial charge on any atom is 0.277 e. The summed E-state index contributed by atoms with van der Waals surface area (Å²) in [6.07, 6.45) is 0.975. The van der Waals surface area contributed by atoms with Crippen molar-refractivity contribution >= 4 is 23.4 Å². The molecule has 28 heavy (non-hydrogen) atoms. The summed E-state index contributed by atoms with van der Waals surface area (Å²) >= 11 is 1.23. The van der Waals surface area contributed by atoms with Crippen LogP contribution in [0, 0.1) is 0 Å². The van der Waals surface area contributed by atoms with Gasteiger partial charge in [-0.15, -0.1) is 10.2 Å². The Labute approximate surface area is 170 Å². The predicted octanol–water partition coefficient (Wildman–Crippen LogP) is 5.33. The molecule has 3 aromatic rings. The van der Waals surface area contributed by atoms with E-state index in [9.17, 15) is 4.79 Å². The number of amides is 1. The highest BCUT2D eigenvalue weighted by Gasteiger charge is 2.15. The van der Waals surface area contributed by atoms with E-state index in [1.165, 1.54) is 22.9 Å². The van der Waals surface area contributed by atoms with E-state index in [0.29, 0.717) is 11.1 Å². The molecule has 0 radical (unpaired) electrons. The van der Waals surface area contributed by atoms with Crippen molar-refractivity contribution in [3.8, 4) is 11.5 Å². The Morgan fingerprint density at radius 3 is 2.32 bits per heavy atom. The van der Waals surface area contributed by atoms with Crippen LogP contribution in [0.2, 0.25) is 0 Å². The Morgan fingerprint density at radius 2 is 1.71 bits per heavy atom. The normalized spacial score (nSPS) is 11.4. The van der Waals surface area contributed by atoms with Crippen LogP contribution in [-0.4, -0.2) is 21.9 Å². The predicted molar refractivity (Wildman–Crippen MR) is 114 cm³/mol. The SMILES string of the molecule is CCc1ccc(NC(=O)CSc2nnc(-c3ccc(C(C)(C)C)cc3)o2)cc1. The van der Waals surface area contributed by atoms with E-state index in [-0.39, 0.29) is 17.1 Å². The van der Waals surface area contributed by atoms with E-state index in [1.807, 2.05) is 36.4 Å². The highest BCUT2D eigenvalue weighted by atomic mass is 32.2. The Hall–Kier alpha value is -2.60. The molecular formula is C22H25N3O2S. The molecule has 0 fully saturated rings. The molecule has 0 saturated heterocycles. The van der Waals surface area contributed by atoms with Gasteiger partial charge < -0.3 is 9.73 Å². The Balaban J connectivity index is 1.56. The van der Waals surface area contributed by atoms with E-state index in [4.69, 9.17) is 4.42 Å². The van der Waals surface area contributed by atoms with E-state index in [0.717, 1.165) is 17.7 Å². The summed E-state index contributed by atoms with van der Waals surface area (Å²) < 4.78 is 5.69. The third kappa shape index (κ3) is 5.23. The monoisotopic (exact) mass is 395 g/mol. The van der Waals surface area contributed by atoms with Crippen LogP contribution in [0.25, 0.3) is 11.5 Å². The molecule has 1 heterocycles. The highest BCUT2D eigenvalue weighted by molar-refractivity contribution is 7.99. The van der Waals surface area contributed by atoms with Crippen LogP contribution >= 0.6 is 11.8 Å². The van der Waals surface area contributed by atoms with Gasteiger partial charge in [-0.1, -0.05) is 63.7 Å². The molecule has 2 aromatic carbocycles. The van der Waals surface area contributed by atoms with Gasteiger partial charge in [0, 0.05) is 11.3 Å². The number of hydrogen-bond donors (Lipinski definition) is 1. The first-order valence-electron chi connectivity index (χ1n) is 9.31. The fourth-order valence-electron chi connectivity index (χ4n) is 2.65. The molecule has 0 spiro atoms. The first kappa shape index (κ1) is 20.1. The van der Waals surface area contributed by atoms with Crippen molar-refractivity contribution in [3.63, 3.8) is 0 Å². The summed E-state index contributed by atoms with van der Waals surface area (Å²) in [6.45, 7) is 8.62. The first-order chi connectivity index (χ1) is 13.3. The third-order valence-corrected chi connectivity index (χ3v) is 5.20. The van der Waals surface area contributed by atoms with Crippen LogP contribution in [0.3, 0.4) is 0 Å². The molecule has 0 aliphatic heterocycles. The Morgan fingerprint density at radius 1 is 1.04 bits per heavy atom. The number of rotatable bonds is 6. The fraction of sp³-hybridized carbons (Fsp3) is 0.318. The van der Waals surface area contributed by atoms with Crippen LogP contribution in [0.5, 0.6) is 0 Å². The zero-order valence-electron chi connectivity index (χ0n) is 16.7. The minimum atomic E-state index is -0.108. The zero-order chi connectivity index (χ0) is 20.1. The number of anilines is 1. The van der Waals surface area contributed by atoms with Gasteiger partial charge in [-0.2, -0.15) is 0 Å². The van der Waals surface area contributed by atoms with Gasteiger partial charge in [-0.25, -0.2) is 0 Å². The third-order valence-electron chi connectivity index (χ3n) is 4.38. The van der Waals surface area contributed by atoms with Gasteiger partial charge in [0.1, 0.15) is 0 Å². The molecule has 1 amide bonds. The van der Waals surface area contributed by atoms with Crippen molar-refractivity contribution in [2.24, 2.45) is 0 Å². The number of aryl methyl sites for hydroxylation is 1. The summed E-state index contributed by atoms with van der Waals surface area (Å²) in [5.41, 5.74) is 4.23. The number of aromatic nitrogens is 2. The zero-order valence-corrected chi connectivity index (χ0v) is 17.5. The van der Waals surface area contributed by atoms with Gasteiger partial charge >= 0.3 is 0 Å². The number of carbonyl (C=O) groups is 1. The molecule has 0 atom stereocenters. The van der Waals surface area contributed by atoms with Crippen molar-refractivity contribution in [1.82, 2.24) is 10.2 Å². The molecule has 3 rings (SSSR count). The smallest absolute Gasteiger partial charge is 0.277 e. The standard InChI is InChI=1S/C22H25N3O2S/c1-5-15-6-12-18(13-7-15)23-19(26)14-28-21-25-24-20(27-21)16-8-10-17(11-9-16)22(2,3)4/h6-13H,5,14H2,1-4H3,(H,23,26). The molecule has 0 aliphatic carbocycles. The van der Waals surface area contributed by atoms with Crippen molar-refractivity contribution < 1.29 is 9.21 Å². The Kier molecular flexibility index (Phi) is 6.19. The second-order valence-corrected chi connectivity index (χ2v) is 8.51. The fourth-order valence-corrected chi connectivity index (χ4v) is 3.21. The summed E-state index contributed by atoms with van der Waals surface area (Å²) in [5, 5.41) is 11.4. The summed E-state index contributed by atoms with van der Waals surface area (Å²) in [6, 6.07) is 16.0. The molecule has 1 N–H and O–H groups in total. The maximum atomic E-state index is 12.1. The molecule has 6 heteroatoms. The lowest BCUT2D eigenvalue weighted by molar-refractivity contribution is -0.113. The van der Waals surface area contributed by atoms with Crippen molar-refractivity contribution in [3.05, 3.63) is 59.7 Å². The van der Waals surface area contributed by atoms with E-state index < -0.39 is 0 Å². The number of nitrogens with one attached hydrogen (secondary N) is 1. The van der Waals surface area contributed by atoms with Gasteiger partial charge in [0.2, 0.25) is 11.8 Å². The minimum absolute atomic E-state index is 0.0958. The molecule has 0 aliphatic rings. The van der Waals surface area contributed by atoms with E-state index >= 15 is 0 Å². The van der Waals surface area contributed by atoms with Gasteiger partial charge in [0.25, 0.3) is 5.22 Å². The lowest BCUT2D eigenvalue weighted by Gasteiger charge is -2.18. The molecule has 5 nitrogen and oxygen atoms in total. The minimum Gasteiger partial charge on any atom is -0.411 e. The van der Waals surface area contributed by atoms with Crippen LogP contribution < -0.4 is 5.32 Å². The first-order valence-corrected chi connectivity index (χ1v) is 10.3. The van der Waals surface area contributed by atoms with E-state index in [2.05, 4.69) is 55.3 Å². The second kappa shape index (κ2) is 8.61. The summed E-state index contributed by atoms with van der Waals surface area (Å²) in [4.78, 5) is 12.1. The molecule has 0 saturated carbocycles. The summed E-state index contributed by atoms with van der Waals surface area (Å²) in [5.74, 6) is 0.558. The second-order valence-electron chi connectivity index (χ2n) is 7.59. The molecule has 1 aromatic heterocycles. The topological polar surface area (TPSA) is 68.0 Å². The van der Waals surface area contributed by atoms with Gasteiger partial charge in [-0.3, -0.25) is 4.79 Å². The number of nitrogens with zero attached hydrogens (tertiary/aromatic N) is 2. The summed E-state index contributed by atoms with van der Waals surface area (Å²) in [7, 11) is 0. The van der Waals surface area contributed by atoms with Crippen LogP contribution in [0.1, 0.15) is 38.8 Å². The largest absolute Gasteiger partial charge is 0.411 e. The molecule has 0 unspecified atom stereocenters. The number of carbonyl (C=O) groups excluding carboxylic acids is 1. The van der Waals surface area contributed by atoms with Crippen molar-refractivity contribution in [2.45, 2.75) is 44.8 Å². The Bertz CT molecular complexity index is 926. The molecule has 0 bridgehead atoms. The highest BCUT2D eigenvalue weighted by Crippen LogP contribution is 2.27. The van der Waals surface area contributed by atoms with Crippen LogP contribution in [0.4, 0.5) is 5.69 Å². The number of hydrogen-bond acceptors (Lipinski definition) is 5. The van der Waals surface area contributed by atoms with Crippen LogP contribution in [0.15, 0.2) is 58.2 Å². The quantitative estimate of drug-likeness (QED) is 0.572. The number of benzene rings is 2. The lowest BCUT2D eigenvalue weighted by Crippen LogP contribution is -2.13. The van der Waals surface area contributed by atoms with Gasteiger partial charge in [0.05, 0.1) is 5.75 Å². The maximum absolute atomic E-state index is 12.1. The van der Waals surface area contributed by atoms with Crippen molar-refractivity contribution in [1.29, 1.82) is 0 Å². The average molecular weight is 396 g/mol. The number of thioether (sulfide) groups is 1. The lowest BCUT2D eigenvalue weighted by atomic mass is 9.87. The van der Waals surface area contributed by atoms with Crippen molar-refractivity contribution in [2.75, 3.05) is 11.1 Å². The van der Waals surface area contributed by atoms with E-state index in [1.54, 1.807) is 0 Å². The van der Waals surface area contributed by atoms with Gasteiger partial charge in [0.15, 0.2) is 0 Å². The van der Waals surface area contributed by atoms with Gasteiger partial charge in [-0.05, 0) is 47.2 Å².